The highest BCUT2D eigenvalue weighted by molar-refractivity contribution is 5.78. The van der Waals surface area contributed by atoms with E-state index < -0.39 is 0 Å². The second kappa shape index (κ2) is 4.85. The second-order valence-electron chi connectivity index (χ2n) is 4.71. The van der Waals surface area contributed by atoms with Gasteiger partial charge in [-0.1, -0.05) is 12.1 Å². The van der Waals surface area contributed by atoms with Crippen molar-refractivity contribution in [1.29, 1.82) is 0 Å². The van der Waals surface area contributed by atoms with Gasteiger partial charge in [0.15, 0.2) is 5.58 Å². The number of rotatable bonds is 3. The van der Waals surface area contributed by atoms with Gasteiger partial charge in [-0.3, -0.25) is 0 Å². The molecule has 0 aliphatic heterocycles. The Hall–Kier alpha value is -2.56. The molecule has 0 aliphatic carbocycles. The SMILES string of the molecule is CN(Cc1cccc(F)c1)c1nc2ccc(N)cc2o1. The Morgan fingerprint density at radius 1 is 1.25 bits per heavy atom. The molecule has 0 spiro atoms. The molecule has 0 unspecified atom stereocenters. The molecule has 1 heterocycles. The molecule has 0 saturated carbocycles. The molecule has 3 rings (SSSR count). The number of hydrogen-bond acceptors (Lipinski definition) is 4. The average molecular weight is 271 g/mol. The molecule has 0 aliphatic rings. The minimum atomic E-state index is -0.249. The van der Waals surface area contributed by atoms with Gasteiger partial charge in [0.05, 0.1) is 0 Å². The van der Waals surface area contributed by atoms with Crippen molar-refractivity contribution in [3.05, 3.63) is 53.8 Å². The Labute approximate surface area is 115 Å². The quantitative estimate of drug-likeness (QED) is 0.743. The van der Waals surface area contributed by atoms with Gasteiger partial charge in [0, 0.05) is 25.3 Å². The highest BCUT2D eigenvalue weighted by Crippen LogP contribution is 2.24. The molecule has 3 aromatic rings. The Kier molecular flexibility index (Phi) is 3.02. The number of oxazole rings is 1. The first-order valence-electron chi connectivity index (χ1n) is 6.23. The molecule has 0 atom stereocenters. The van der Waals surface area contributed by atoms with E-state index in [1.165, 1.54) is 12.1 Å². The lowest BCUT2D eigenvalue weighted by Crippen LogP contribution is -2.16. The lowest BCUT2D eigenvalue weighted by molar-refractivity contribution is 0.581. The van der Waals surface area contributed by atoms with Crippen molar-refractivity contribution in [1.82, 2.24) is 4.98 Å². The summed E-state index contributed by atoms with van der Waals surface area (Å²) in [7, 11) is 1.85. The summed E-state index contributed by atoms with van der Waals surface area (Å²) in [6, 6.07) is 12.3. The Balaban J connectivity index is 1.86. The third-order valence-corrected chi connectivity index (χ3v) is 3.04. The molecule has 0 fully saturated rings. The van der Waals surface area contributed by atoms with E-state index in [1.807, 2.05) is 24.1 Å². The van der Waals surface area contributed by atoms with Crippen LogP contribution in [-0.4, -0.2) is 12.0 Å². The maximum absolute atomic E-state index is 13.2. The van der Waals surface area contributed by atoms with Crippen LogP contribution in [0.4, 0.5) is 16.1 Å². The number of anilines is 2. The van der Waals surface area contributed by atoms with Gasteiger partial charge in [0.2, 0.25) is 0 Å². The summed E-state index contributed by atoms with van der Waals surface area (Å²) in [6.07, 6.45) is 0. The van der Waals surface area contributed by atoms with Gasteiger partial charge in [0.25, 0.3) is 6.01 Å². The predicted octanol–water partition coefficient (Wildman–Crippen LogP) is 3.19. The van der Waals surface area contributed by atoms with Gasteiger partial charge < -0.3 is 15.1 Å². The summed E-state index contributed by atoms with van der Waals surface area (Å²) >= 11 is 0. The number of aromatic nitrogens is 1. The number of nitrogen functional groups attached to an aromatic ring is 1. The number of fused-ring (bicyclic) bond motifs is 1. The van der Waals surface area contributed by atoms with E-state index in [0.717, 1.165) is 11.1 Å². The van der Waals surface area contributed by atoms with Crippen molar-refractivity contribution in [2.45, 2.75) is 6.54 Å². The average Bonchev–Trinajstić information content (AvgIpc) is 2.81. The largest absolute Gasteiger partial charge is 0.423 e. The van der Waals surface area contributed by atoms with Gasteiger partial charge in [0.1, 0.15) is 11.3 Å². The normalized spacial score (nSPS) is 10.9. The van der Waals surface area contributed by atoms with E-state index in [0.29, 0.717) is 23.8 Å². The minimum Gasteiger partial charge on any atom is -0.423 e. The van der Waals surface area contributed by atoms with Crippen LogP contribution in [0.15, 0.2) is 46.9 Å². The maximum Gasteiger partial charge on any atom is 0.298 e. The standard InChI is InChI=1S/C15H14FN3O/c1-19(9-10-3-2-4-11(16)7-10)15-18-13-6-5-12(17)8-14(13)20-15/h2-8H,9,17H2,1H3. The van der Waals surface area contributed by atoms with Crippen LogP contribution in [0, 0.1) is 5.82 Å². The highest BCUT2D eigenvalue weighted by Gasteiger charge is 2.11. The van der Waals surface area contributed by atoms with Crippen LogP contribution in [-0.2, 0) is 6.54 Å². The summed E-state index contributed by atoms with van der Waals surface area (Å²) < 4.78 is 18.8. The van der Waals surface area contributed by atoms with E-state index >= 15 is 0 Å². The molecular formula is C15H14FN3O. The first-order valence-corrected chi connectivity index (χ1v) is 6.23. The van der Waals surface area contributed by atoms with E-state index in [9.17, 15) is 4.39 Å². The van der Waals surface area contributed by atoms with Crippen molar-refractivity contribution in [3.8, 4) is 0 Å². The van der Waals surface area contributed by atoms with Gasteiger partial charge in [-0.05, 0) is 29.8 Å². The highest BCUT2D eigenvalue weighted by atomic mass is 19.1. The van der Waals surface area contributed by atoms with E-state index in [-0.39, 0.29) is 5.82 Å². The van der Waals surface area contributed by atoms with Crippen LogP contribution in [0.5, 0.6) is 0 Å². The monoisotopic (exact) mass is 271 g/mol. The summed E-state index contributed by atoms with van der Waals surface area (Å²) in [6.45, 7) is 0.514. The summed E-state index contributed by atoms with van der Waals surface area (Å²) in [4.78, 5) is 6.21. The summed E-state index contributed by atoms with van der Waals surface area (Å²) in [5.41, 5.74) is 8.59. The van der Waals surface area contributed by atoms with Crippen LogP contribution in [0.1, 0.15) is 5.56 Å². The number of hydrogen-bond donors (Lipinski definition) is 1. The molecule has 20 heavy (non-hydrogen) atoms. The smallest absolute Gasteiger partial charge is 0.298 e. The summed E-state index contributed by atoms with van der Waals surface area (Å²) in [5.74, 6) is -0.249. The lowest BCUT2D eigenvalue weighted by Gasteiger charge is -2.14. The molecule has 0 radical (unpaired) electrons. The number of halogens is 1. The first kappa shape index (κ1) is 12.5. The molecule has 0 bridgehead atoms. The molecule has 2 aromatic carbocycles. The fraction of sp³-hybridized carbons (Fsp3) is 0.133. The summed E-state index contributed by atoms with van der Waals surface area (Å²) in [5, 5.41) is 0. The third-order valence-electron chi connectivity index (χ3n) is 3.04. The molecular weight excluding hydrogens is 257 g/mol. The van der Waals surface area contributed by atoms with E-state index in [4.69, 9.17) is 10.2 Å². The van der Waals surface area contributed by atoms with Crippen LogP contribution < -0.4 is 10.6 Å². The van der Waals surface area contributed by atoms with E-state index in [2.05, 4.69) is 4.98 Å². The second-order valence-corrected chi connectivity index (χ2v) is 4.71. The minimum absolute atomic E-state index is 0.249. The first-order chi connectivity index (χ1) is 9.61. The van der Waals surface area contributed by atoms with Crippen molar-refractivity contribution in [2.75, 3.05) is 17.7 Å². The lowest BCUT2D eigenvalue weighted by atomic mass is 10.2. The molecule has 102 valence electrons. The zero-order valence-corrected chi connectivity index (χ0v) is 11.0. The van der Waals surface area contributed by atoms with Crippen LogP contribution in [0.3, 0.4) is 0 Å². The van der Waals surface area contributed by atoms with Gasteiger partial charge in [-0.2, -0.15) is 4.98 Å². The fourth-order valence-electron chi connectivity index (χ4n) is 2.07. The van der Waals surface area contributed by atoms with Crippen molar-refractivity contribution < 1.29 is 8.81 Å². The molecule has 5 heteroatoms. The van der Waals surface area contributed by atoms with Gasteiger partial charge in [-0.15, -0.1) is 0 Å². The van der Waals surface area contributed by atoms with Crippen LogP contribution in [0.25, 0.3) is 11.1 Å². The Morgan fingerprint density at radius 2 is 2.10 bits per heavy atom. The number of benzene rings is 2. The Morgan fingerprint density at radius 3 is 2.90 bits per heavy atom. The number of nitrogens with zero attached hydrogens (tertiary/aromatic N) is 2. The Bertz CT molecular complexity index is 754. The predicted molar refractivity (Wildman–Crippen MR) is 76.9 cm³/mol. The molecule has 0 amide bonds. The molecule has 1 aromatic heterocycles. The zero-order chi connectivity index (χ0) is 14.1. The van der Waals surface area contributed by atoms with Gasteiger partial charge in [-0.25, -0.2) is 4.39 Å². The number of nitrogens with two attached hydrogens (primary N) is 1. The zero-order valence-electron chi connectivity index (χ0n) is 11.0. The van der Waals surface area contributed by atoms with Crippen LogP contribution >= 0.6 is 0 Å². The maximum atomic E-state index is 13.2. The molecule has 4 nitrogen and oxygen atoms in total. The van der Waals surface area contributed by atoms with Gasteiger partial charge >= 0.3 is 0 Å². The van der Waals surface area contributed by atoms with Crippen LogP contribution in [0.2, 0.25) is 0 Å². The van der Waals surface area contributed by atoms with Crippen molar-refractivity contribution in [3.63, 3.8) is 0 Å². The van der Waals surface area contributed by atoms with Crippen molar-refractivity contribution in [2.24, 2.45) is 0 Å². The fourth-order valence-corrected chi connectivity index (χ4v) is 2.07. The topological polar surface area (TPSA) is 55.3 Å². The van der Waals surface area contributed by atoms with Crippen molar-refractivity contribution >= 4 is 22.8 Å². The molecule has 0 saturated heterocycles. The van der Waals surface area contributed by atoms with E-state index in [1.54, 1.807) is 18.2 Å². The third kappa shape index (κ3) is 2.42. The molecule has 2 N–H and O–H groups in total.